The molecule has 0 aromatic heterocycles. The van der Waals surface area contributed by atoms with Crippen LogP contribution in [0.4, 0.5) is 5.69 Å². The second-order valence-electron chi connectivity index (χ2n) is 8.14. The first-order valence-electron chi connectivity index (χ1n) is 11.2. The number of guanidine groups is 1. The Morgan fingerprint density at radius 2 is 2.07 bits per heavy atom. The lowest BCUT2D eigenvalue weighted by molar-refractivity contribution is 0.0203. The summed E-state index contributed by atoms with van der Waals surface area (Å²) in [4.78, 5) is 6.85. The smallest absolute Gasteiger partial charge is 0.191 e. The van der Waals surface area contributed by atoms with Crippen molar-refractivity contribution in [3.8, 4) is 0 Å². The molecular weight excluding hydrogens is 364 g/mol. The molecule has 1 atom stereocenters. The van der Waals surface area contributed by atoms with Crippen molar-refractivity contribution >= 4 is 11.6 Å². The summed E-state index contributed by atoms with van der Waals surface area (Å²) >= 11 is 0. The van der Waals surface area contributed by atoms with Gasteiger partial charge in [0.1, 0.15) is 0 Å². The molecule has 6 heteroatoms. The van der Waals surface area contributed by atoms with Crippen LogP contribution in [-0.2, 0) is 9.47 Å². The number of ether oxygens (including phenoxy) is 2. The first kappa shape index (κ1) is 21.9. The molecule has 0 amide bonds. The predicted molar refractivity (Wildman–Crippen MR) is 120 cm³/mol. The maximum absolute atomic E-state index is 5.84. The number of nitrogens with zero attached hydrogens (tertiary/aromatic N) is 2. The minimum absolute atomic E-state index is 0.202. The molecule has 0 aliphatic carbocycles. The summed E-state index contributed by atoms with van der Waals surface area (Å²) in [5, 5.41) is 6.92. The molecule has 2 heterocycles. The summed E-state index contributed by atoms with van der Waals surface area (Å²) in [6.07, 6.45) is 5.83. The summed E-state index contributed by atoms with van der Waals surface area (Å²) < 4.78 is 11.2. The lowest BCUT2D eigenvalue weighted by atomic mass is 10.0. The van der Waals surface area contributed by atoms with Crippen molar-refractivity contribution in [2.45, 2.75) is 45.1 Å². The average Bonchev–Trinajstić information content (AvgIpc) is 3.31. The summed E-state index contributed by atoms with van der Waals surface area (Å²) in [5.41, 5.74) is 2.62. The Kier molecular flexibility index (Phi) is 9.09. The van der Waals surface area contributed by atoms with E-state index >= 15 is 0 Å². The van der Waals surface area contributed by atoms with Gasteiger partial charge >= 0.3 is 0 Å². The third-order valence-electron chi connectivity index (χ3n) is 5.87. The van der Waals surface area contributed by atoms with Crippen LogP contribution in [0.15, 0.2) is 29.3 Å². The number of hydrogen-bond donors (Lipinski definition) is 2. The van der Waals surface area contributed by atoms with Crippen LogP contribution in [0.25, 0.3) is 0 Å². The lowest BCUT2D eigenvalue weighted by Gasteiger charge is -2.22. The molecule has 2 fully saturated rings. The van der Waals surface area contributed by atoms with Gasteiger partial charge in [-0.3, -0.25) is 4.99 Å². The van der Waals surface area contributed by atoms with Crippen molar-refractivity contribution in [2.24, 2.45) is 10.9 Å². The zero-order valence-electron chi connectivity index (χ0n) is 18.2. The van der Waals surface area contributed by atoms with E-state index in [2.05, 4.69) is 51.7 Å². The Morgan fingerprint density at radius 3 is 2.83 bits per heavy atom. The van der Waals surface area contributed by atoms with Gasteiger partial charge in [-0.1, -0.05) is 12.1 Å². The highest BCUT2D eigenvalue weighted by Crippen LogP contribution is 2.24. The highest BCUT2D eigenvalue weighted by Gasteiger charge is 2.15. The van der Waals surface area contributed by atoms with Crippen molar-refractivity contribution < 1.29 is 9.47 Å². The molecule has 162 valence electrons. The Hall–Kier alpha value is -1.79. The third-order valence-corrected chi connectivity index (χ3v) is 5.87. The Labute approximate surface area is 176 Å². The molecule has 3 rings (SSSR count). The van der Waals surface area contributed by atoms with E-state index in [0.29, 0.717) is 5.92 Å². The van der Waals surface area contributed by atoms with E-state index in [0.717, 1.165) is 58.2 Å². The summed E-state index contributed by atoms with van der Waals surface area (Å²) in [5.74, 6) is 1.51. The Bertz CT molecular complexity index is 625. The van der Waals surface area contributed by atoms with Gasteiger partial charge in [-0.15, -0.1) is 0 Å². The number of aliphatic imine (C=N–C) groups is 1. The van der Waals surface area contributed by atoms with Gasteiger partial charge in [0.05, 0.1) is 6.04 Å². The molecule has 2 aliphatic heterocycles. The second kappa shape index (κ2) is 12.0. The van der Waals surface area contributed by atoms with Crippen LogP contribution < -0.4 is 15.5 Å². The second-order valence-corrected chi connectivity index (χ2v) is 8.14. The molecule has 0 bridgehead atoms. The van der Waals surface area contributed by atoms with E-state index in [4.69, 9.17) is 9.47 Å². The van der Waals surface area contributed by atoms with E-state index in [1.165, 1.54) is 37.2 Å². The lowest BCUT2D eigenvalue weighted by Crippen LogP contribution is -2.39. The molecule has 1 aromatic carbocycles. The van der Waals surface area contributed by atoms with Gasteiger partial charge in [-0.2, -0.15) is 0 Å². The topological polar surface area (TPSA) is 58.1 Å². The molecular formula is C23H38N4O2. The van der Waals surface area contributed by atoms with E-state index in [-0.39, 0.29) is 6.04 Å². The van der Waals surface area contributed by atoms with Crippen LogP contribution in [-0.4, -0.2) is 59.1 Å². The molecule has 1 aromatic rings. The van der Waals surface area contributed by atoms with Crippen LogP contribution in [0, 0.1) is 5.92 Å². The van der Waals surface area contributed by atoms with E-state index in [1.54, 1.807) is 0 Å². The van der Waals surface area contributed by atoms with Gasteiger partial charge in [0.25, 0.3) is 0 Å². The number of anilines is 1. The van der Waals surface area contributed by atoms with E-state index < -0.39 is 0 Å². The fourth-order valence-corrected chi connectivity index (χ4v) is 3.99. The molecule has 2 aliphatic rings. The van der Waals surface area contributed by atoms with Crippen LogP contribution in [0.3, 0.4) is 0 Å². The van der Waals surface area contributed by atoms with Crippen molar-refractivity contribution in [2.75, 3.05) is 58.0 Å². The van der Waals surface area contributed by atoms with E-state index in [1.807, 2.05) is 7.05 Å². The zero-order chi connectivity index (χ0) is 20.3. The number of nitrogens with one attached hydrogen (secondary N) is 2. The molecule has 29 heavy (non-hydrogen) atoms. The van der Waals surface area contributed by atoms with Gasteiger partial charge < -0.3 is 25.0 Å². The number of hydrogen-bond acceptors (Lipinski definition) is 4. The summed E-state index contributed by atoms with van der Waals surface area (Å²) in [6.45, 7) is 8.81. The molecule has 0 radical (unpaired) electrons. The van der Waals surface area contributed by atoms with Crippen molar-refractivity contribution in [3.63, 3.8) is 0 Å². The van der Waals surface area contributed by atoms with Gasteiger partial charge in [-0.25, -0.2) is 0 Å². The Morgan fingerprint density at radius 1 is 1.28 bits per heavy atom. The Balaban J connectivity index is 1.35. The minimum atomic E-state index is 0.202. The normalized spacial score (nSPS) is 19.4. The molecule has 0 spiro atoms. The predicted octanol–water partition coefficient (Wildman–Crippen LogP) is 3.35. The van der Waals surface area contributed by atoms with Crippen molar-refractivity contribution in [1.29, 1.82) is 0 Å². The highest BCUT2D eigenvalue weighted by atomic mass is 16.5. The number of benzene rings is 1. The first-order chi connectivity index (χ1) is 14.3. The SMILES string of the molecule is CN=C(NCCCOCC1CCOCC1)NC(C)c1cccc(N2CCCC2)c1. The fourth-order valence-electron chi connectivity index (χ4n) is 3.99. The van der Waals surface area contributed by atoms with Gasteiger partial charge in [0.2, 0.25) is 0 Å². The monoisotopic (exact) mass is 402 g/mol. The summed E-state index contributed by atoms with van der Waals surface area (Å²) in [7, 11) is 1.82. The molecule has 1 unspecified atom stereocenters. The summed E-state index contributed by atoms with van der Waals surface area (Å²) in [6, 6.07) is 9.07. The van der Waals surface area contributed by atoms with Crippen LogP contribution >= 0.6 is 0 Å². The maximum Gasteiger partial charge on any atom is 0.191 e. The third kappa shape index (κ3) is 7.19. The van der Waals surface area contributed by atoms with Gasteiger partial charge in [0.15, 0.2) is 5.96 Å². The minimum Gasteiger partial charge on any atom is -0.381 e. The highest BCUT2D eigenvalue weighted by molar-refractivity contribution is 5.80. The van der Waals surface area contributed by atoms with E-state index in [9.17, 15) is 0 Å². The molecule has 6 nitrogen and oxygen atoms in total. The zero-order valence-corrected chi connectivity index (χ0v) is 18.2. The van der Waals surface area contributed by atoms with Crippen LogP contribution in [0.1, 0.15) is 50.6 Å². The molecule has 2 saturated heterocycles. The van der Waals surface area contributed by atoms with Gasteiger partial charge in [-0.05, 0) is 62.6 Å². The quantitative estimate of drug-likeness (QED) is 0.377. The molecule has 0 saturated carbocycles. The first-order valence-corrected chi connectivity index (χ1v) is 11.2. The standard InChI is InChI=1S/C23H38N4O2/c1-19(21-7-5-8-22(17-21)27-12-3-4-13-27)26-23(24-2)25-11-6-14-29-18-20-9-15-28-16-10-20/h5,7-8,17,19-20H,3-4,6,9-16,18H2,1-2H3,(H2,24,25,26). The maximum atomic E-state index is 5.84. The van der Waals surface area contributed by atoms with Crippen molar-refractivity contribution in [3.05, 3.63) is 29.8 Å². The molecule has 2 N–H and O–H groups in total. The average molecular weight is 403 g/mol. The number of rotatable bonds is 9. The van der Waals surface area contributed by atoms with Gasteiger partial charge in [0, 0.05) is 58.8 Å². The van der Waals surface area contributed by atoms with Crippen LogP contribution in [0.5, 0.6) is 0 Å². The van der Waals surface area contributed by atoms with Crippen molar-refractivity contribution in [1.82, 2.24) is 10.6 Å². The largest absolute Gasteiger partial charge is 0.381 e. The van der Waals surface area contributed by atoms with Crippen LogP contribution in [0.2, 0.25) is 0 Å². The fraction of sp³-hybridized carbons (Fsp3) is 0.696.